The minimum Gasteiger partial charge on any atom is -0.497 e. The van der Waals surface area contributed by atoms with Crippen LogP contribution in [0.25, 0.3) is 0 Å². The predicted octanol–water partition coefficient (Wildman–Crippen LogP) is 6.46. The van der Waals surface area contributed by atoms with Crippen LogP contribution in [0.4, 0.5) is 5.69 Å². The summed E-state index contributed by atoms with van der Waals surface area (Å²) < 4.78 is 34.6. The molecule has 0 bridgehead atoms. The standard InChI is InChI=1S/C33H34N2O4S/c1-24(27-17-16-26-12-6-7-13-28(26)22-27)34-33(36)31-14-8-9-15-32(31)35(23-25-10-4-3-5-11-25)40(37,38)30-20-18-29(39-2)19-21-30/h3-5,8-11,14-22,24H,6-7,12-13,23H2,1-2H3,(H,34,36)/t24-/m0/s1. The van der Waals surface area contributed by atoms with Crippen molar-refractivity contribution in [2.75, 3.05) is 11.4 Å². The lowest BCUT2D eigenvalue weighted by Gasteiger charge is -2.27. The SMILES string of the molecule is COc1ccc(S(=O)(=O)N(Cc2ccccc2)c2ccccc2C(=O)N[C@@H](C)c2ccc3c(c2)CCCC3)cc1. The fourth-order valence-electron chi connectivity index (χ4n) is 5.19. The fourth-order valence-corrected chi connectivity index (χ4v) is 6.66. The van der Waals surface area contributed by atoms with E-state index in [0.717, 1.165) is 24.0 Å². The van der Waals surface area contributed by atoms with Gasteiger partial charge in [0.05, 0.1) is 35.8 Å². The van der Waals surface area contributed by atoms with Crippen molar-refractivity contribution in [2.24, 2.45) is 0 Å². The zero-order valence-electron chi connectivity index (χ0n) is 22.8. The van der Waals surface area contributed by atoms with Gasteiger partial charge in [0.15, 0.2) is 0 Å². The number of para-hydroxylation sites is 1. The first-order valence-electron chi connectivity index (χ1n) is 13.6. The van der Waals surface area contributed by atoms with E-state index in [1.54, 1.807) is 36.4 Å². The van der Waals surface area contributed by atoms with Crippen molar-refractivity contribution in [3.05, 3.63) is 125 Å². The smallest absolute Gasteiger partial charge is 0.264 e. The van der Waals surface area contributed by atoms with Gasteiger partial charge >= 0.3 is 0 Å². The van der Waals surface area contributed by atoms with E-state index in [0.29, 0.717) is 17.0 Å². The first-order chi connectivity index (χ1) is 19.4. The summed E-state index contributed by atoms with van der Waals surface area (Å²) in [5, 5.41) is 3.11. The molecule has 4 aromatic carbocycles. The van der Waals surface area contributed by atoms with E-state index in [2.05, 4.69) is 23.5 Å². The van der Waals surface area contributed by atoms with Crippen LogP contribution in [0, 0.1) is 0 Å². The van der Waals surface area contributed by atoms with Gasteiger partial charge < -0.3 is 10.1 Å². The van der Waals surface area contributed by atoms with E-state index < -0.39 is 10.0 Å². The van der Waals surface area contributed by atoms with E-state index in [1.165, 1.54) is 47.5 Å². The molecule has 1 aliphatic rings. The molecular formula is C33H34N2O4S. The first-order valence-corrected chi connectivity index (χ1v) is 15.0. The van der Waals surface area contributed by atoms with Crippen molar-refractivity contribution in [3.63, 3.8) is 0 Å². The molecule has 0 heterocycles. The van der Waals surface area contributed by atoms with Gasteiger partial charge in [-0.3, -0.25) is 9.10 Å². The number of aryl methyl sites for hydroxylation is 2. The van der Waals surface area contributed by atoms with Crippen LogP contribution in [0.2, 0.25) is 0 Å². The monoisotopic (exact) mass is 554 g/mol. The number of anilines is 1. The molecule has 7 heteroatoms. The van der Waals surface area contributed by atoms with Crippen LogP contribution >= 0.6 is 0 Å². The Morgan fingerprint density at radius 3 is 2.27 bits per heavy atom. The zero-order chi connectivity index (χ0) is 28.1. The normalized spacial score (nSPS) is 13.7. The maximum Gasteiger partial charge on any atom is 0.264 e. The highest BCUT2D eigenvalue weighted by Crippen LogP contribution is 2.31. The molecule has 0 radical (unpaired) electrons. The van der Waals surface area contributed by atoms with Crippen LogP contribution in [-0.2, 0) is 29.4 Å². The number of hydrogen-bond acceptors (Lipinski definition) is 4. The number of fused-ring (bicyclic) bond motifs is 1. The maximum atomic E-state index is 14.0. The Balaban J connectivity index is 1.49. The number of methoxy groups -OCH3 is 1. The van der Waals surface area contributed by atoms with E-state index in [9.17, 15) is 13.2 Å². The number of amides is 1. The van der Waals surface area contributed by atoms with E-state index >= 15 is 0 Å². The van der Waals surface area contributed by atoms with Crippen molar-refractivity contribution in [2.45, 2.75) is 50.1 Å². The molecule has 1 atom stereocenters. The third-order valence-electron chi connectivity index (χ3n) is 7.45. The van der Waals surface area contributed by atoms with E-state index in [1.807, 2.05) is 37.3 Å². The zero-order valence-corrected chi connectivity index (χ0v) is 23.7. The van der Waals surface area contributed by atoms with Crippen molar-refractivity contribution in [3.8, 4) is 5.75 Å². The Labute approximate surface area is 236 Å². The number of nitrogens with one attached hydrogen (secondary N) is 1. The first kappa shape index (κ1) is 27.5. The second-order valence-electron chi connectivity index (χ2n) is 10.1. The van der Waals surface area contributed by atoms with Gasteiger partial charge in [0.1, 0.15) is 5.75 Å². The third kappa shape index (κ3) is 5.89. The molecule has 0 aliphatic heterocycles. The highest BCUT2D eigenvalue weighted by Gasteiger charge is 2.29. The lowest BCUT2D eigenvalue weighted by Crippen LogP contribution is -2.34. The van der Waals surface area contributed by atoms with Gasteiger partial charge in [-0.2, -0.15) is 0 Å². The van der Waals surface area contributed by atoms with Crippen LogP contribution < -0.4 is 14.4 Å². The number of ether oxygens (including phenoxy) is 1. The van der Waals surface area contributed by atoms with Gasteiger partial charge in [-0.15, -0.1) is 0 Å². The van der Waals surface area contributed by atoms with Crippen molar-refractivity contribution in [1.82, 2.24) is 5.32 Å². The molecule has 1 amide bonds. The van der Waals surface area contributed by atoms with E-state index in [-0.39, 0.29) is 23.4 Å². The predicted molar refractivity (Wildman–Crippen MR) is 158 cm³/mol. The number of carbonyl (C=O) groups is 1. The lowest BCUT2D eigenvalue weighted by atomic mass is 9.89. The average molecular weight is 555 g/mol. The molecule has 4 aromatic rings. The summed E-state index contributed by atoms with van der Waals surface area (Å²) in [7, 11) is -2.49. The van der Waals surface area contributed by atoms with Crippen molar-refractivity contribution >= 4 is 21.6 Å². The van der Waals surface area contributed by atoms with Crippen LogP contribution in [0.3, 0.4) is 0 Å². The second kappa shape index (κ2) is 12.0. The summed E-state index contributed by atoms with van der Waals surface area (Å²) in [6.07, 6.45) is 4.56. The lowest BCUT2D eigenvalue weighted by molar-refractivity contribution is 0.0940. The largest absolute Gasteiger partial charge is 0.497 e. The Morgan fingerprint density at radius 1 is 0.875 bits per heavy atom. The van der Waals surface area contributed by atoms with Gasteiger partial charge in [-0.25, -0.2) is 8.42 Å². The average Bonchev–Trinajstić information content (AvgIpc) is 3.00. The number of rotatable bonds is 9. The molecule has 206 valence electrons. The molecule has 0 spiro atoms. The number of benzene rings is 4. The Morgan fingerprint density at radius 2 is 1.55 bits per heavy atom. The minimum atomic E-state index is -4.03. The topological polar surface area (TPSA) is 75.7 Å². The van der Waals surface area contributed by atoms with Crippen molar-refractivity contribution in [1.29, 1.82) is 0 Å². The number of hydrogen-bond donors (Lipinski definition) is 1. The molecule has 1 aliphatic carbocycles. The third-order valence-corrected chi connectivity index (χ3v) is 9.23. The molecule has 0 unspecified atom stereocenters. The quantitative estimate of drug-likeness (QED) is 0.258. The summed E-state index contributed by atoms with van der Waals surface area (Å²) in [6.45, 7) is 2.03. The van der Waals surface area contributed by atoms with Gasteiger partial charge in [0.25, 0.3) is 15.9 Å². The number of sulfonamides is 1. The van der Waals surface area contributed by atoms with Gasteiger partial charge in [-0.05, 0) is 91.3 Å². The minimum absolute atomic E-state index is 0.0693. The molecular weight excluding hydrogens is 520 g/mol. The molecule has 1 N–H and O–H groups in total. The van der Waals surface area contributed by atoms with Crippen molar-refractivity contribution < 1.29 is 17.9 Å². The molecule has 0 fully saturated rings. The Bertz CT molecular complexity index is 1580. The molecule has 5 rings (SSSR count). The van der Waals surface area contributed by atoms with Gasteiger partial charge in [0, 0.05) is 0 Å². The summed E-state index contributed by atoms with van der Waals surface area (Å²) in [5.41, 5.74) is 5.19. The molecule has 0 saturated carbocycles. The number of nitrogens with zero attached hydrogens (tertiary/aromatic N) is 1. The summed E-state index contributed by atoms with van der Waals surface area (Å²) >= 11 is 0. The Kier molecular flexibility index (Phi) is 8.21. The van der Waals surface area contributed by atoms with Crippen LogP contribution in [0.1, 0.15) is 58.4 Å². The second-order valence-corrected chi connectivity index (χ2v) is 12.0. The molecule has 0 aromatic heterocycles. The molecule has 0 saturated heterocycles. The molecule has 40 heavy (non-hydrogen) atoms. The fraction of sp³-hybridized carbons (Fsp3) is 0.242. The van der Waals surface area contributed by atoms with Gasteiger partial charge in [0.2, 0.25) is 0 Å². The molecule has 6 nitrogen and oxygen atoms in total. The summed E-state index contributed by atoms with van der Waals surface area (Å²) in [4.78, 5) is 13.8. The Hall–Kier alpha value is -4.10. The highest BCUT2D eigenvalue weighted by molar-refractivity contribution is 7.92. The van der Waals surface area contributed by atoms with Crippen LogP contribution in [0.15, 0.2) is 102 Å². The maximum absolute atomic E-state index is 14.0. The summed E-state index contributed by atoms with van der Waals surface area (Å²) in [5.74, 6) is 0.230. The number of carbonyl (C=O) groups excluding carboxylic acids is 1. The highest BCUT2D eigenvalue weighted by atomic mass is 32.2. The van der Waals surface area contributed by atoms with E-state index in [4.69, 9.17) is 4.74 Å². The van der Waals surface area contributed by atoms with Crippen LogP contribution in [-0.4, -0.2) is 21.4 Å². The van der Waals surface area contributed by atoms with Crippen LogP contribution in [0.5, 0.6) is 5.75 Å². The van der Waals surface area contributed by atoms with Gasteiger partial charge in [-0.1, -0.05) is 60.7 Å². The summed E-state index contributed by atoms with van der Waals surface area (Å²) in [6, 6.07) is 28.7.